The molecule has 190 valence electrons. The molecule has 0 aliphatic heterocycles. The number of halogens is 2. The molecule has 0 aliphatic carbocycles. The van der Waals surface area contributed by atoms with Crippen LogP contribution in [0.3, 0.4) is 0 Å². The van der Waals surface area contributed by atoms with Gasteiger partial charge in [0, 0.05) is 16.1 Å². The van der Waals surface area contributed by atoms with Crippen molar-refractivity contribution in [3.63, 3.8) is 0 Å². The molecule has 5 rings (SSSR count). The number of nitrogens with one attached hydrogen (secondary N) is 1. The minimum atomic E-state index is -4.30. The van der Waals surface area contributed by atoms with Gasteiger partial charge >= 0.3 is 0 Å². The molecule has 0 bridgehead atoms. The predicted octanol–water partition coefficient (Wildman–Crippen LogP) is 8.81. The summed E-state index contributed by atoms with van der Waals surface area (Å²) in [5, 5.41) is 10.5. The normalized spacial score (nSPS) is 11.3. The zero-order chi connectivity index (χ0) is 26.9. The van der Waals surface area contributed by atoms with Crippen LogP contribution in [0.25, 0.3) is 33.4 Å². The summed E-state index contributed by atoms with van der Waals surface area (Å²) in [5.74, 6) is -0.567. The Kier molecular flexibility index (Phi) is 7.17. The summed E-state index contributed by atoms with van der Waals surface area (Å²) in [7, 11) is -4.30. The molecule has 4 nitrogen and oxygen atoms in total. The van der Waals surface area contributed by atoms with Crippen molar-refractivity contribution in [3.8, 4) is 39.1 Å². The number of aromatic hydroxyl groups is 1. The SMILES string of the molecule is Cc1cccc(-c2cc(-c3ccccc3)c(NS(=O)(=O)c3cc(Cl)cc(Cl)c3O)c(-c3ccccc3)c2)c1. The average molecular weight is 561 g/mol. The van der Waals surface area contributed by atoms with Crippen molar-refractivity contribution in [2.24, 2.45) is 0 Å². The quantitative estimate of drug-likeness (QED) is 0.218. The summed E-state index contributed by atoms with van der Waals surface area (Å²) in [6.07, 6.45) is 0. The Morgan fingerprint density at radius 2 is 1.21 bits per heavy atom. The van der Waals surface area contributed by atoms with Crippen LogP contribution in [0.1, 0.15) is 5.56 Å². The van der Waals surface area contributed by atoms with Crippen LogP contribution >= 0.6 is 23.2 Å². The first-order valence-corrected chi connectivity index (χ1v) is 14.0. The van der Waals surface area contributed by atoms with Gasteiger partial charge in [0.25, 0.3) is 10.0 Å². The lowest BCUT2D eigenvalue weighted by Gasteiger charge is -2.20. The lowest BCUT2D eigenvalue weighted by Crippen LogP contribution is -2.15. The Morgan fingerprint density at radius 1 is 0.658 bits per heavy atom. The molecule has 0 saturated carbocycles. The topological polar surface area (TPSA) is 66.4 Å². The largest absolute Gasteiger partial charge is 0.505 e. The van der Waals surface area contributed by atoms with Crippen LogP contribution in [-0.4, -0.2) is 13.5 Å². The molecule has 7 heteroatoms. The van der Waals surface area contributed by atoms with Crippen molar-refractivity contribution in [1.29, 1.82) is 0 Å². The molecular weight excluding hydrogens is 537 g/mol. The highest BCUT2D eigenvalue weighted by Gasteiger charge is 2.25. The third-order valence-electron chi connectivity index (χ3n) is 6.18. The van der Waals surface area contributed by atoms with Crippen molar-refractivity contribution >= 4 is 38.9 Å². The van der Waals surface area contributed by atoms with Gasteiger partial charge in [0.2, 0.25) is 0 Å². The number of hydrogen-bond acceptors (Lipinski definition) is 3. The number of rotatable bonds is 6. The Labute approximate surface area is 232 Å². The smallest absolute Gasteiger partial charge is 0.265 e. The molecule has 0 aromatic heterocycles. The fraction of sp³-hybridized carbons (Fsp3) is 0.0323. The van der Waals surface area contributed by atoms with E-state index in [2.05, 4.69) is 10.8 Å². The van der Waals surface area contributed by atoms with E-state index in [-0.39, 0.29) is 10.0 Å². The van der Waals surface area contributed by atoms with Crippen molar-refractivity contribution in [1.82, 2.24) is 0 Å². The van der Waals surface area contributed by atoms with Gasteiger partial charge in [-0.2, -0.15) is 0 Å². The minimum absolute atomic E-state index is 0.0922. The van der Waals surface area contributed by atoms with Gasteiger partial charge in [-0.25, -0.2) is 8.42 Å². The van der Waals surface area contributed by atoms with Crippen LogP contribution in [0, 0.1) is 6.92 Å². The summed E-state index contributed by atoms with van der Waals surface area (Å²) in [6.45, 7) is 2.03. The fourth-order valence-electron chi connectivity index (χ4n) is 4.37. The van der Waals surface area contributed by atoms with E-state index in [0.717, 1.165) is 27.8 Å². The van der Waals surface area contributed by atoms with E-state index in [1.165, 1.54) is 12.1 Å². The number of benzene rings is 5. The van der Waals surface area contributed by atoms with Gasteiger partial charge in [-0.05, 0) is 53.4 Å². The maximum Gasteiger partial charge on any atom is 0.265 e. The second-order valence-electron chi connectivity index (χ2n) is 8.89. The zero-order valence-electron chi connectivity index (χ0n) is 20.3. The van der Waals surface area contributed by atoms with Crippen molar-refractivity contribution in [3.05, 3.63) is 125 Å². The highest BCUT2D eigenvalue weighted by Crippen LogP contribution is 2.43. The van der Waals surface area contributed by atoms with E-state index >= 15 is 0 Å². The molecule has 0 fully saturated rings. The standard InChI is InChI=1S/C31H23Cl2NO3S/c1-20-9-8-14-23(15-20)24-16-26(21-10-4-2-5-11-21)30(27(17-24)22-12-6-3-7-13-22)34-38(36,37)29-19-25(32)18-28(33)31(29)35/h2-19,34-35H,1H3. The first-order chi connectivity index (χ1) is 18.2. The van der Waals surface area contributed by atoms with E-state index < -0.39 is 20.7 Å². The van der Waals surface area contributed by atoms with Crippen LogP contribution in [0.5, 0.6) is 5.75 Å². The van der Waals surface area contributed by atoms with Crippen LogP contribution in [0.2, 0.25) is 10.0 Å². The minimum Gasteiger partial charge on any atom is -0.505 e. The molecular formula is C31H23Cl2NO3S. The zero-order valence-corrected chi connectivity index (χ0v) is 22.6. The Hall–Kier alpha value is -3.77. The average Bonchev–Trinajstić information content (AvgIpc) is 2.91. The molecule has 0 amide bonds. The molecule has 0 saturated heterocycles. The number of aryl methyl sites for hydroxylation is 1. The first kappa shape index (κ1) is 25.9. The van der Waals surface area contributed by atoms with Gasteiger partial charge in [-0.3, -0.25) is 4.72 Å². The van der Waals surface area contributed by atoms with Gasteiger partial charge in [0.05, 0.1) is 10.7 Å². The third kappa shape index (κ3) is 5.27. The number of sulfonamides is 1. The van der Waals surface area contributed by atoms with Crippen LogP contribution in [0.15, 0.2) is 114 Å². The highest BCUT2D eigenvalue weighted by molar-refractivity contribution is 7.92. The molecule has 5 aromatic rings. The van der Waals surface area contributed by atoms with E-state index in [0.29, 0.717) is 16.8 Å². The predicted molar refractivity (Wildman–Crippen MR) is 156 cm³/mol. The number of phenols is 1. The molecule has 0 unspecified atom stereocenters. The number of phenolic OH excluding ortho intramolecular Hbond substituents is 1. The Balaban J connectivity index is 1.81. The summed E-state index contributed by atoms with van der Waals surface area (Å²) in [6, 6.07) is 33.7. The van der Waals surface area contributed by atoms with E-state index in [1.54, 1.807) is 0 Å². The lowest BCUT2D eigenvalue weighted by atomic mass is 9.91. The Morgan fingerprint density at radius 3 is 1.76 bits per heavy atom. The molecule has 0 heterocycles. The third-order valence-corrected chi connectivity index (χ3v) is 8.05. The maximum absolute atomic E-state index is 13.7. The van der Waals surface area contributed by atoms with Gasteiger partial charge in [-0.1, -0.05) is 114 Å². The van der Waals surface area contributed by atoms with E-state index in [1.807, 2.05) is 97.9 Å². The molecule has 38 heavy (non-hydrogen) atoms. The molecule has 0 radical (unpaired) electrons. The summed E-state index contributed by atoms with van der Waals surface area (Å²) < 4.78 is 30.2. The number of anilines is 1. The van der Waals surface area contributed by atoms with E-state index in [4.69, 9.17) is 23.2 Å². The molecule has 0 spiro atoms. The van der Waals surface area contributed by atoms with Crippen molar-refractivity contribution in [2.45, 2.75) is 11.8 Å². The van der Waals surface area contributed by atoms with Crippen molar-refractivity contribution in [2.75, 3.05) is 4.72 Å². The van der Waals surface area contributed by atoms with E-state index in [9.17, 15) is 13.5 Å². The van der Waals surface area contributed by atoms with Crippen LogP contribution < -0.4 is 4.72 Å². The van der Waals surface area contributed by atoms with Gasteiger partial charge < -0.3 is 5.11 Å². The second kappa shape index (κ2) is 10.5. The summed E-state index contributed by atoms with van der Waals surface area (Å²) in [4.78, 5) is -0.407. The maximum atomic E-state index is 13.7. The summed E-state index contributed by atoms with van der Waals surface area (Å²) in [5.41, 5.74) is 6.43. The van der Waals surface area contributed by atoms with Crippen LogP contribution in [0.4, 0.5) is 5.69 Å². The van der Waals surface area contributed by atoms with Gasteiger partial charge in [0.1, 0.15) is 4.90 Å². The number of hydrogen-bond donors (Lipinski definition) is 2. The highest BCUT2D eigenvalue weighted by atomic mass is 35.5. The van der Waals surface area contributed by atoms with Gasteiger partial charge in [-0.15, -0.1) is 0 Å². The molecule has 5 aromatic carbocycles. The summed E-state index contributed by atoms with van der Waals surface area (Å²) >= 11 is 12.2. The van der Waals surface area contributed by atoms with Crippen molar-refractivity contribution < 1.29 is 13.5 Å². The van der Waals surface area contributed by atoms with Crippen LogP contribution in [-0.2, 0) is 10.0 Å². The first-order valence-electron chi connectivity index (χ1n) is 11.8. The molecule has 0 atom stereocenters. The molecule has 0 aliphatic rings. The Bertz CT molecular complexity index is 1680. The second-order valence-corrected chi connectivity index (χ2v) is 11.4. The lowest BCUT2D eigenvalue weighted by molar-refractivity contribution is 0.459. The monoisotopic (exact) mass is 559 g/mol. The molecule has 2 N–H and O–H groups in total. The fourth-order valence-corrected chi connectivity index (χ4v) is 6.23. The van der Waals surface area contributed by atoms with Gasteiger partial charge in [0.15, 0.2) is 5.75 Å².